The third-order valence-corrected chi connectivity index (χ3v) is 2.03. The molecule has 1 heterocycles. The highest BCUT2D eigenvalue weighted by Gasteiger charge is 2.09. The molecule has 0 aliphatic carbocycles. The molecule has 4 nitrogen and oxygen atoms in total. The van der Waals surface area contributed by atoms with Crippen LogP contribution >= 0.6 is 0 Å². The molecule has 0 amide bonds. The molecule has 4 heteroatoms. The molecule has 1 aromatic carbocycles. The second kappa shape index (κ2) is 3.49. The molecule has 0 saturated heterocycles. The number of aromatic hydroxyl groups is 3. The van der Waals surface area contributed by atoms with E-state index in [1.54, 1.807) is 24.4 Å². The molecule has 0 fully saturated rings. The Morgan fingerprint density at radius 3 is 2.27 bits per heavy atom. The molecule has 0 saturated carbocycles. The minimum absolute atomic E-state index is 0.121. The first-order valence-corrected chi connectivity index (χ1v) is 4.35. The van der Waals surface area contributed by atoms with Crippen LogP contribution in [0.3, 0.4) is 0 Å². The lowest BCUT2D eigenvalue weighted by Crippen LogP contribution is -1.83. The van der Waals surface area contributed by atoms with Crippen LogP contribution in [-0.2, 0) is 0 Å². The Labute approximate surface area is 86.1 Å². The van der Waals surface area contributed by atoms with Crippen molar-refractivity contribution in [2.45, 2.75) is 0 Å². The van der Waals surface area contributed by atoms with Crippen LogP contribution in [0.25, 0.3) is 11.3 Å². The SMILES string of the molecule is Oc1cc(O)c(-c2ccccn2)cc1O. The summed E-state index contributed by atoms with van der Waals surface area (Å²) in [6.45, 7) is 0. The summed E-state index contributed by atoms with van der Waals surface area (Å²) in [4.78, 5) is 4.03. The number of hydrogen-bond donors (Lipinski definition) is 3. The molecular formula is C11H9NO3. The van der Waals surface area contributed by atoms with Crippen LogP contribution in [-0.4, -0.2) is 20.3 Å². The van der Waals surface area contributed by atoms with Gasteiger partial charge in [-0.15, -0.1) is 0 Å². The molecule has 0 bridgehead atoms. The van der Waals surface area contributed by atoms with E-state index >= 15 is 0 Å². The molecule has 2 rings (SSSR count). The smallest absolute Gasteiger partial charge is 0.161 e. The van der Waals surface area contributed by atoms with Crippen molar-refractivity contribution >= 4 is 0 Å². The van der Waals surface area contributed by atoms with Gasteiger partial charge in [0.05, 0.1) is 5.69 Å². The lowest BCUT2D eigenvalue weighted by molar-refractivity contribution is 0.397. The Bertz CT molecular complexity index is 483. The number of nitrogens with zero attached hydrogens (tertiary/aromatic N) is 1. The number of phenols is 3. The van der Waals surface area contributed by atoms with Crippen LogP contribution in [0.1, 0.15) is 0 Å². The molecule has 15 heavy (non-hydrogen) atoms. The van der Waals surface area contributed by atoms with Gasteiger partial charge in [0.25, 0.3) is 0 Å². The van der Waals surface area contributed by atoms with E-state index in [4.69, 9.17) is 5.11 Å². The van der Waals surface area contributed by atoms with Crippen molar-refractivity contribution in [1.29, 1.82) is 0 Å². The number of aromatic nitrogens is 1. The van der Waals surface area contributed by atoms with Crippen molar-refractivity contribution in [3.8, 4) is 28.5 Å². The molecule has 0 spiro atoms. The summed E-state index contributed by atoms with van der Waals surface area (Å²) in [7, 11) is 0. The molecule has 3 N–H and O–H groups in total. The summed E-state index contributed by atoms with van der Waals surface area (Å²) >= 11 is 0. The quantitative estimate of drug-likeness (QED) is 0.488. The van der Waals surface area contributed by atoms with Crippen LogP contribution in [0.4, 0.5) is 0 Å². The van der Waals surface area contributed by atoms with Crippen molar-refractivity contribution in [2.24, 2.45) is 0 Å². The molecule has 1 aromatic heterocycles. The number of rotatable bonds is 1. The van der Waals surface area contributed by atoms with Crippen LogP contribution in [0.2, 0.25) is 0 Å². The van der Waals surface area contributed by atoms with E-state index in [1.165, 1.54) is 6.07 Å². The summed E-state index contributed by atoms with van der Waals surface area (Å²) in [6, 6.07) is 7.57. The molecular weight excluding hydrogens is 194 g/mol. The van der Waals surface area contributed by atoms with Gasteiger partial charge in [-0.1, -0.05) is 6.07 Å². The zero-order valence-corrected chi connectivity index (χ0v) is 7.75. The van der Waals surface area contributed by atoms with E-state index in [2.05, 4.69) is 4.98 Å². The summed E-state index contributed by atoms with van der Waals surface area (Å²) < 4.78 is 0. The largest absolute Gasteiger partial charge is 0.507 e. The van der Waals surface area contributed by atoms with Crippen molar-refractivity contribution in [3.63, 3.8) is 0 Å². The van der Waals surface area contributed by atoms with Gasteiger partial charge in [-0.2, -0.15) is 0 Å². The van der Waals surface area contributed by atoms with Gasteiger partial charge in [-0.3, -0.25) is 4.98 Å². The zero-order valence-electron chi connectivity index (χ0n) is 7.75. The van der Waals surface area contributed by atoms with E-state index in [0.717, 1.165) is 6.07 Å². The first-order valence-electron chi connectivity index (χ1n) is 4.35. The predicted octanol–water partition coefficient (Wildman–Crippen LogP) is 1.87. The molecule has 76 valence electrons. The number of phenolic OH excluding ortho intramolecular Hbond substituents is 3. The van der Waals surface area contributed by atoms with Crippen LogP contribution < -0.4 is 0 Å². The minimum atomic E-state index is -0.354. The summed E-state index contributed by atoms with van der Waals surface area (Å²) in [5, 5.41) is 28.0. The monoisotopic (exact) mass is 203 g/mol. The van der Waals surface area contributed by atoms with E-state index in [-0.39, 0.29) is 17.2 Å². The van der Waals surface area contributed by atoms with Crippen LogP contribution in [0.15, 0.2) is 36.5 Å². The lowest BCUT2D eigenvalue weighted by atomic mass is 10.1. The Kier molecular flexibility index (Phi) is 2.17. The summed E-state index contributed by atoms with van der Waals surface area (Å²) in [5.41, 5.74) is 0.913. The average molecular weight is 203 g/mol. The van der Waals surface area contributed by atoms with Gasteiger partial charge >= 0.3 is 0 Å². The first-order chi connectivity index (χ1) is 7.18. The Hall–Kier alpha value is -2.23. The van der Waals surface area contributed by atoms with E-state index in [1.807, 2.05) is 0 Å². The molecule has 0 atom stereocenters. The van der Waals surface area contributed by atoms with Gasteiger partial charge in [-0.05, 0) is 18.2 Å². The summed E-state index contributed by atoms with van der Waals surface area (Å²) in [5.74, 6) is -0.760. The third kappa shape index (κ3) is 1.69. The number of pyridine rings is 1. The third-order valence-electron chi connectivity index (χ3n) is 2.03. The van der Waals surface area contributed by atoms with Crippen molar-refractivity contribution < 1.29 is 15.3 Å². The molecule has 0 aliphatic heterocycles. The van der Waals surface area contributed by atoms with Gasteiger partial charge in [0, 0.05) is 17.8 Å². The highest BCUT2D eigenvalue weighted by molar-refractivity contribution is 5.70. The highest BCUT2D eigenvalue weighted by Crippen LogP contribution is 2.37. The topological polar surface area (TPSA) is 73.6 Å². The van der Waals surface area contributed by atoms with Crippen LogP contribution in [0.5, 0.6) is 17.2 Å². The maximum atomic E-state index is 9.56. The van der Waals surface area contributed by atoms with Crippen molar-refractivity contribution in [2.75, 3.05) is 0 Å². The predicted molar refractivity (Wildman–Crippen MR) is 54.7 cm³/mol. The van der Waals surface area contributed by atoms with E-state index in [0.29, 0.717) is 11.3 Å². The fourth-order valence-corrected chi connectivity index (χ4v) is 1.29. The Morgan fingerprint density at radius 2 is 1.60 bits per heavy atom. The second-order valence-electron chi connectivity index (χ2n) is 3.07. The standard InChI is InChI=1S/C11H9NO3/c13-9-6-11(15)10(14)5-7(9)8-3-1-2-4-12-8/h1-6,13-15H. The fourth-order valence-electron chi connectivity index (χ4n) is 1.29. The molecule has 0 aliphatic rings. The van der Waals surface area contributed by atoms with Gasteiger partial charge < -0.3 is 15.3 Å². The minimum Gasteiger partial charge on any atom is -0.507 e. The van der Waals surface area contributed by atoms with Gasteiger partial charge in [-0.25, -0.2) is 0 Å². The summed E-state index contributed by atoms with van der Waals surface area (Å²) in [6.07, 6.45) is 1.58. The van der Waals surface area contributed by atoms with E-state index < -0.39 is 0 Å². The number of benzene rings is 1. The van der Waals surface area contributed by atoms with Crippen LogP contribution in [0, 0.1) is 0 Å². The maximum absolute atomic E-state index is 9.56. The average Bonchev–Trinajstić information content (AvgIpc) is 2.25. The number of hydrogen-bond acceptors (Lipinski definition) is 4. The fraction of sp³-hybridized carbons (Fsp3) is 0. The zero-order chi connectivity index (χ0) is 10.8. The van der Waals surface area contributed by atoms with Gasteiger partial charge in [0.2, 0.25) is 0 Å². The Balaban J connectivity index is 2.59. The molecule has 2 aromatic rings. The maximum Gasteiger partial charge on any atom is 0.161 e. The van der Waals surface area contributed by atoms with Crippen molar-refractivity contribution in [3.05, 3.63) is 36.5 Å². The van der Waals surface area contributed by atoms with Gasteiger partial charge in [0.15, 0.2) is 11.5 Å². The molecule has 0 radical (unpaired) electrons. The second-order valence-corrected chi connectivity index (χ2v) is 3.07. The van der Waals surface area contributed by atoms with E-state index in [9.17, 15) is 10.2 Å². The van der Waals surface area contributed by atoms with Gasteiger partial charge in [0.1, 0.15) is 5.75 Å². The normalized spacial score (nSPS) is 10.1. The lowest BCUT2D eigenvalue weighted by Gasteiger charge is -2.05. The first kappa shape index (κ1) is 9.33. The highest BCUT2D eigenvalue weighted by atomic mass is 16.3. The van der Waals surface area contributed by atoms with Crippen molar-refractivity contribution in [1.82, 2.24) is 4.98 Å². The Morgan fingerprint density at radius 1 is 0.867 bits per heavy atom. The molecule has 0 unspecified atom stereocenters.